The van der Waals surface area contributed by atoms with Crippen molar-refractivity contribution in [3.05, 3.63) is 33.5 Å². The Bertz CT molecular complexity index is 963. The summed E-state index contributed by atoms with van der Waals surface area (Å²) in [5.41, 5.74) is 1.07. The molecule has 0 bridgehead atoms. The van der Waals surface area contributed by atoms with Crippen molar-refractivity contribution in [1.29, 1.82) is 0 Å². The number of thiophene rings is 1. The van der Waals surface area contributed by atoms with E-state index in [-0.39, 0.29) is 17.9 Å². The molecule has 0 spiro atoms. The number of nitrogens with zero attached hydrogens (tertiary/aromatic N) is 4. The van der Waals surface area contributed by atoms with Crippen molar-refractivity contribution in [2.45, 2.75) is 44.9 Å². The van der Waals surface area contributed by atoms with Crippen molar-refractivity contribution in [2.75, 3.05) is 5.32 Å². The highest BCUT2D eigenvalue weighted by Crippen LogP contribution is 2.36. The molecule has 1 aliphatic rings. The molecule has 0 aliphatic heterocycles. The first-order valence-electron chi connectivity index (χ1n) is 8.62. The molecule has 10 heteroatoms. The van der Waals surface area contributed by atoms with Gasteiger partial charge in [-0.25, -0.2) is 4.98 Å². The average Bonchev–Trinajstić information content (AvgIpc) is 3.12. The Morgan fingerprint density at radius 2 is 2.11 bits per heavy atom. The van der Waals surface area contributed by atoms with Gasteiger partial charge in [-0.2, -0.15) is 23.1 Å². The van der Waals surface area contributed by atoms with Gasteiger partial charge in [-0.05, 0) is 49.4 Å². The van der Waals surface area contributed by atoms with E-state index < -0.39 is 11.1 Å². The van der Waals surface area contributed by atoms with Crippen LogP contribution in [0.1, 0.15) is 35.9 Å². The van der Waals surface area contributed by atoms with Crippen LogP contribution >= 0.6 is 22.9 Å². The SMILES string of the molecule is C[C@@H](Nc1nc(Cl)nc2ncn(Cc3ccc(C(F)(F)F)s3)c12)C1CCC1. The maximum atomic E-state index is 12.8. The minimum atomic E-state index is -4.33. The second kappa shape index (κ2) is 6.94. The molecule has 1 atom stereocenters. The van der Waals surface area contributed by atoms with Crippen LogP contribution in [0, 0.1) is 5.92 Å². The van der Waals surface area contributed by atoms with Crippen molar-refractivity contribution in [2.24, 2.45) is 5.92 Å². The van der Waals surface area contributed by atoms with Gasteiger partial charge in [-0.15, -0.1) is 11.3 Å². The molecule has 0 radical (unpaired) electrons. The lowest BCUT2D eigenvalue weighted by Crippen LogP contribution is -2.31. The van der Waals surface area contributed by atoms with E-state index in [1.54, 1.807) is 10.9 Å². The summed E-state index contributed by atoms with van der Waals surface area (Å²) in [5.74, 6) is 1.14. The number of alkyl halides is 3. The Labute approximate surface area is 162 Å². The Morgan fingerprint density at radius 3 is 2.74 bits per heavy atom. The molecule has 1 fully saturated rings. The standard InChI is InChI=1S/C17H17ClF3N5S/c1-9(10-3-2-4-10)23-15-13-14(24-16(18)25-15)22-8-26(13)7-11-5-6-12(27-11)17(19,20)21/h5-6,8-10H,2-4,7H2,1H3,(H,23,24,25)/t9-/m1/s1. The van der Waals surface area contributed by atoms with E-state index in [2.05, 4.69) is 27.2 Å². The normalized spacial score (nSPS) is 16.5. The monoisotopic (exact) mass is 415 g/mol. The van der Waals surface area contributed by atoms with Crippen molar-refractivity contribution in [1.82, 2.24) is 19.5 Å². The number of fused-ring (bicyclic) bond motifs is 1. The van der Waals surface area contributed by atoms with Gasteiger partial charge in [0, 0.05) is 10.9 Å². The van der Waals surface area contributed by atoms with E-state index in [0.717, 1.165) is 17.4 Å². The first-order chi connectivity index (χ1) is 12.8. The lowest BCUT2D eigenvalue weighted by molar-refractivity contribution is -0.134. The Morgan fingerprint density at radius 1 is 1.33 bits per heavy atom. The molecule has 0 amide bonds. The molecule has 1 N–H and O–H groups in total. The first kappa shape index (κ1) is 18.5. The summed E-state index contributed by atoms with van der Waals surface area (Å²) >= 11 is 6.75. The molecule has 0 unspecified atom stereocenters. The maximum Gasteiger partial charge on any atom is 0.425 e. The molecule has 144 valence electrons. The molecule has 0 aromatic carbocycles. The van der Waals surface area contributed by atoms with Gasteiger partial charge in [0.15, 0.2) is 11.5 Å². The van der Waals surface area contributed by atoms with Gasteiger partial charge in [-0.1, -0.05) is 6.42 Å². The molecular formula is C17H17ClF3N5S. The zero-order valence-electron chi connectivity index (χ0n) is 14.4. The number of nitrogens with one attached hydrogen (secondary N) is 1. The van der Waals surface area contributed by atoms with Crippen molar-refractivity contribution in [3.8, 4) is 0 Å². The third-order valence-electron chi connectivity index (χ3n) is 4.93. The van der Waals surface area contributed by atoms with Gasteiger partial charge in [0.1, 0.15) is 10.4 Å². The quantitative estimate of drug-likeness (QED) is 0.581. The maximum absolute atomic E-state index is 12.8. The van der Waals surface area contributed by atoms with Gasteiger partial charge in [0.05, 0.1) is 12.9 Å². The number of rotatable bonds is 5. The molecule has 27 heavy (non-hydrogen) atoms. The Kier molecular flexibility index (Phi) is 4.75. The summed E-state index contributed by atoms with van der Waals surface area (Å²) in [7, 11) is 0. The molecule has 4 rings (SSSR count). The zero-order valence-corrected chi connectivity index (χ0v) is 16.0. The molecule has 3 heterocycles. The van der Waals surface area contributed by atoms with Gasteiger partial charge >= 0.3 is 6.18 Å². The molecule has 3 aromatic heterocycles. The number of halogens is 4. The highest BCUT2D eigenvalue weighted by atomic mass is 35.5. The smallest absolute Gasteiger partial charge is 0.365 e. The van der Waals surface area contributed by atoms with Crippen LogP contribution in [-0.4, -0.2) is 25.6 Å². The summed E-state index contributed by atoms with van der Waals surface area (Å²) in [6.45, 7) is 2.36. The third kappa shape index (κ3) is 3.75. The molecule has 5 nitrogen and oxygen atoms in total. The Balaban J connectivity index is 1.65. The van der Waals surface area contributed by atoms with E-state index in [4.69, 9.17) is 11.6 Å². The second-order valence-corrected chi connectivity index (χ2v) is 8.28. The van der Waals surface area contributed by atoms with Crippen LogP contribution < -0.4 is 5.32 Å². The van der Waals surface area contributed by atoms with Crippen molar-refractivity contribution in [3.63, 3.8) is 0 Å². The van der Waals surface area contributed by atoms with Crippen molar-refractivity contribution < 1.29 is 13.2 Å². The highest BCUT2D eigenvalue weighted by Gasteiger charge is 2.32. The summed E-state index contributed by atoms with van der Waals surface area (Å²) < 4.78 is 40.3. The molecular weight excluding hydrogens is 399 g/mol. The van der Waals surface area contributed by atoms with E-state index >= 15 is 0 Å². The van der Waals surface area contributed by atoms with E-state index in [1.807, 2.05) is 0 Å². The van der Waals surface area contributed by atoms with Crippen LogP contribution in [-0.2, 0) is 12.7 Å². The van der Waals surface area contributed by atoms with E-state index in [1.165, 1.54) is 25.3 Å². The van der Waals surface area contributed by atoms with E-state index in [9.17, 15) is 13.2 Å². The number of imidazole rings is 1. The number of aromatic nitrogens is 4. The predicted molar refractivity (Wildman–Crippen MR) is 99.2 cm³/mol. The molecule has 0 saturated heterocycles. The summed E-state index contributed by atoms with van der Waals surface area (Å²) in [6, 6.07) is 2.81. The third-order valence-corrected chi connectivity index (χ3v) is 6.22. The minimum absolute atomic E-state index is 0.0894. The second-order valence-electron chi connectivity index (χ2n) is 6.77. The van der Waals surface area contributed by atoms with Gasteiger partial charge < -0.3 is 9.88 Å². The van der Waals surface area contributed by atoms with Crippen LogP contribution in [0.25, 0.3) is 11.2 Å². The highest BCUT2D eigenvalue weighted by molar-refractivity contribution is 7.12. The largest absolute Gasteiger partial charge is 0.425 e. The van der Waals surface area contributed by atoms with E-state index in [0.29, 0.717) is 27.8 Å². The molecule has 1 aliphatic carbocycles. The predicted octanol–water partition coefficient (Wildman–Crippen LogP) is 5.21. The first-order valence-corrected chi connectivity index (χ1v) is 9.81. The average molecular weight is 416 g/mol. The van der Waals surface area contributed by atoms with Gasteiger partial charge in [0.25, 0.3) is 0 Å². The number of hydrogen-bond acceptors (Lipinski definition) is 5. The summed E-state index contributed by atoms with van der Waals surface area (Å²) in [5, 5.41) is 3.49. The zero-order chi connectivity index (χ0) is 19.2. The lowest BCUT2D eigenvalue weighted by Gasteiger charge is -2.32. The van der Waals surface area contributed by atoms with Gasteiger partial charge in [-0.3, -0.25) is 0 Å². The summed E-state index contributed by atoms with van der Waals surface area (Å²) in [4.78, 5) is 12.7. The fourth-order valence-electron chi connectivity index (χ4n) is 3.23. The fraction of sp³-hybridized carbons (Fsp3) is 0.471. The topological polar surface area (TPSA) is 55.6 Å². The number of hydrogen-bond donors (Lipinski definition) is 1. The summed E-state index contributed by atoms with van der Waals surface area (Å²) in [6.07, 6.45) is 0.799. The molecule has 1 saturated carbocycles. The van der Waals surface area contributed by atoms with Crippen LogP contribution in [0.4, 0.5) is 19.0 Å². The Hall–Kier alpha value is -1.87. The lowest BCUT2D eigenvalue weighted by atomic mass is 9.80. The van der Waals surface area contributed by atoms with Crippen LogP contribution in [0.3, 0.4) is 0 Å². The van der Waals surface area contributed by atoms with Crippen LogP contribution in [0.15, 0.2) is 18.5 Å². The van der Waals surface area contributed by atoms with Crippen LogP contribution in [0.5, 0.6) is 0 Å². The fourth-order valence-corrected chi connectivity index (χ4v) is 4.27. The number of anilines is 1. The molecule has 3 aromatic rings. The van der Waals surface area contributed by atoms with Crippen molar-refractivity contribution >= 4 is 39.9 Å². The minimum Gasteiger partial charge on any atom is -0.365 e. The van der Waals surface area contributed by atoms with Crippen LogP contribution in [0.2, 0.25) is 5.28 Å². The van der Waals surface area contributed by atoms with Gasteiger partial charge in [0.2, 0.25) is 5.28 Å².